The summed E-state index contributed by atoms with van der Waals surface area (Å²) in [6, 6.07) is 5.03. The lowest BCUT2D eigenvalue weighted by molar-refractivity contribution is 0.561. The van der Waals surface area contributed by atoms with Crippen molar-refractivity contribution in [3.05, 3.63) is 39.6 Å². The van der Waals surface area contributed by atoms with Crippen LogP contribution in [0.25, 0.3) is 10.6 Å². The topological polar surface area (TPSA) is 24.9 Å². The first-order valence-electron chi connectivity index (χ1n) is 7.00. The van der Waals surface area contributed by atoms with E-state index in [-0.39, 0.29) is 10.4 Å². The van der Waals surface area contributed by atoms with Crippen molar-refractivity contribution in [1.29, 1.82) is 0 Å². The number of hydrogen-bond donors (Lipinski definition) is 1. The molecule has 0 saturated heterocycles. The Balaban J connectivity index is 2.50. The van der Waals surface area contributed by atoms with Gasteiger partial charge in [0.15, 0.2) is 5.82 Å². The number of benzene rings is 1. The smallest absolute Gasteiger partial charge is 0.152 e. The monoisotopic (exact) mass is 326 g/mol. The molecule has 2 nitrogen and oxygen atoms in total. The van der Waals surface area contributed by atoms with Gasteiger partial charge in [0, 0.05) is 22.4 Å². The fraction of sp³-hybridized carbons (Fsp3) is 0.438. The summed E-state index contributed by atoms with van der Waals surface area (Å²) in [6.07, 6.45) is 0. The molecule has 0 aliphatic carbocycles. The fourth-order valence-corrected chi connectivity index (χ4v) is 3.52. The second kappa shape index (κ2) is 6.42. The van der Waals surface area contributed by atoms with Gasteiger partial charge in [-0.25, -0.2) is 9.37 Å². The summed E-state index contributed by atoms with van der Waals surface area (Å²) in [5.41, 5.74) is 1.41. The van der Waals surface area contributed by atoms with Crippen molar-refractivity contribution >= 4 is 22.9 Å². The van der Waals surface area contributed by atoms with Crippen molar-refractivity contribution in [3.63, 3.8) is 0 Å². The third-order valence-electron chi connectivity index (χ3n) is 3.13. The first kappa shape index (κ1) is 16.4. The van der Waals surface area contributed by atoms with Crippen molar-refractivity contribution in [3.8, 4) is 10.6 Å². The van der Waals surface area contributed by atoms with Gasteiger partial charge in [0.2, 0.25) is 0 Å². The molecular formula is C16H20ClFN2S. The van der Waals surface area contributed by atoms with Crippen LogP contribution in [-0.2, 0) is 12.0 Å². The van der Waals surface area contributed by atoms with E-state index in [1.807, 2.05) is 0 Å². The summed E-state index contributed by atoms with van der Waals surface area (Å²) in [5, 5.41) is 4.14. The lowest BCUT2D eigenvalue weighted by atomic mass is 9.91. The van der Waals surface area contributed by atoms with Crippen molar-refractivity contribution in [2.24, 2.45) is 0 Å². The highest BCUT2D eigenvalue weighted by atomic mass is 35.5. The molecule has 0 bridgehead atoms. The second-order valence-electron chi connectivity index (χ2n) is 5.92. The highest BCUT2D eigenvalue weighted by Crippen LogP contribution is 2.36. The maximum atomic E-state index is 14.2. The average Bonchev–Trinajstić information content (AvgIpc) is 2.83. The lowest BCUT2D eigenvalue weighted by Gasteiger charge is -2.17. The van der Waals surface area contributed by atoms with Gasteiger partial charge in [-0.1, -0.05) is 45.4 Å². The van der Waals surface area contributed by atoms with Crippen LogP contribution < -0.4 is 5.32 Å². The van der Waals surface area contributed by atoms with Crippen LogP contribution in [0.5, 0.6) is 0 Å². The molecule has 0 aliphatic rings. The molecule has 114 valence electrons. The van der Waals surface area contributed by atoms with E-state index in [4.69, 9.17) is 11.6 Å². The zero-order valence-corrected chi connectivity index (χ0v) is 14.3. The fourth-order valence-electron chi connectivity index (χ4n) is 2.08. The third kappa shape index (κ3) is 3.62. The highest BCUT2D eigenvalue weighted by Gasteiger charge is 2.24. The largest absolute Gasteiger partial charge is 0.312 e. The maximum absolute atomic E-state index is 14.2. The van der Waals surface area contributed by atoms with Crippen molar-refractivity contribution < 1.29 is 4.39 Å². The maximum Gasteiger partial charge on any atom is 0.152 e. The van der Waals surface area contributed by atoms with Gasteiger partial charge in [0.25, 0.3) is 0 Å². The third-order valence-corrected chi connectivity index (χ3v) is 4.51. The van der Waals surface area contributed by atoms with Gasteiger partial charge in [-0.15, -0.1) is 11.3 Å². The SMILES string of the molecule is CCNCc1sc(-c2cccc(Cl)c2F)nc1C(C)(C)C. The molecule has 1 heterocycles. The predicted molar refractivity (Wildman–Crippen MR) is 88.6 cm³/mol. The zero-order valence-electron chi connectivity index (χ0n) is 12.8. The number of nitrogens with one attached hydrogen (secondary N) is 1. The molecule has 0 saturated carbocycles. The molecular weight excluding hydrogens is 307 g/mol. The van der Waals surface area contributed by atoms with Crippen LogP contribution in [0.3, 0.4) is 0 Å². The van der Waals surface area contributed by atoms with Crippen molar-refractivity contribution in [2.75, 3.05) is 6.54 Å². The van der Waals surface area contributed by atoms with Crippen molar-refractivity contribution in [2.45, 2.75) is 39.7 Å². The van der Waals surface area contributed by atoms with Gasteiger partial charge < -0.3 is 5.32 Å². The van der Waals surface area contributed by atoms with Crippen LogP contribution in [0, 0.1) is 5.82 Å². The zero-order chi connectivity index (χ0) is 15.6. The molecule has 0 fully saturated rings. The Morgan fingerprint density at radius 1 is 1.33 bits per heavy atom. The Labute approximate surface area is 134 Å². The first-order chi connectivity index (χ1) is 9.84. The normalized spacial score (nSPS) is 11.9. The standard InChI is InChI=1S/C16H20ClFN2S/c1-5-19-9-12-14(16(2,3)4)20-15(21-12)10-7-6-8-11(17)13(10)18/h6-8,19H,5,9H2,1-4H3. The first-order valence-corrected chi connectivity index (χ1v) is 8.19. The quantitative estimate of drug-likeness (QED) is 0.854. The Kier molecular flexibility index (Phi) is 5.02. The molecule has 2 aromatic rings. The summed E-state index contributed by atoms with van der Waals surface area (Å²) < 4.78 is 14.2. The van der Waals surface area contributed by atoms with E-state index in [9.17, 15) is 4.39 Å². The van der Waals surface area contributed by atoms with Crippen LogP contribution >= 0.6 is 22.9 Å². The van der Waals surface area contributed by atoms with Gasteiger partial charge in [-0.05, 0) is 18.7 Å². The van der Waals surface area contributed by atoms with E-state index in [0.29, 0.717) is 10.6 Å². The van der Waals surface area contributed by atoms with E-state index < -0.39 is 5.82 Å². The number of halogens is 2. The molecule has 0 spiro atoms. The summed E-state index contributed by atoms with van der Waals surface area (Å²) in [5.74, 6) is -0.400. The minimum Gasteiger partial charge on any atom is -0.312 e. The number of nitrogens with zero attached hydrogens (tertiary/aromatic N) is 1. The van der Waals surface area contributed by atoms with Gasteiger partial charge in [0.05, 0.1) is 10.7 Å². The molecule has 1 N–H and O–H groups in total. The average molecular weight is 327 g/mol. The molecule has 5 heteroatoms. The number of aromatic nitrogens is 1. The van der Waals surface area contributed by atoms with Crippen LogP contribution in [-0.4, -0.2) is 11.5 Å². The van der Waals surface area contributed by atoms with E-state index in [1.165, 1.54) is 11.3 Å². The summed E-state index contributed by atoms with van der Waals surface area (Å²) in [7, 11) is 0. The highest BCUT2D eigenvalue weighted by molar-refractivity contribution is 7.15. The molecule has 2 rings (SSSR count). The molecule has 0 amide bonds. The minimum atomic E-state index is -0.400. The minimum absolute atomic E-state index is 0.0748. The van der Waals surface area contributed by atoms with Crippen LogP contribution in [0.2, 0.25) is 5.02 Å². The number of thiazole rings is 1. The van der Waals surface area contributed by atoms with Gasteiger partial charge in [0.1, 0.15) is 5.01 Å². The van der Waals surface area contributed by atoms with E-state index in [1.54, 1.807) is 18.2 Å². The Hall–Kier alpha value is -0.970. The van der Waals surface area contributed by atoms with Gasteiger partial charge in [-0.2, -0.15) is 0 Å². The molecule has 0 unspecified atom stereocenters. The molecule has 1 aromatic carbocycles. The number of hydrogen-bond acceptors (Lipinski definition) is 3. The Morgan fingerprint density at radius 3 is 2.67 bits per heavy atom. The summed E-state index contributed by atoms with van der Waals surface area (Å²) >= 11 is 7.40. The van der Waals surface area contributed by atoms with Crippen LogP contribution in [0.4, 0.5) is 4.39 Å². The Morgan fingerprint density at radius 2 is 2.05 bits per heavy atom. The van der Waals surface area contributed by atoms with E-state index in [2.05, 4.69) is 38.0 Å². The molecule has 0 atom stereocenters. The van der Waals surface area contributed by atoms with E-state index in [0.717, 1.165) is 23.7 Å². The van der Waals surface area contributed by atoms with Gasteiger partial charge in [-0.3, -0.25) is 0 Å². The van der Waals surface area contributed by atoms with Crippen LogP contribution in [0.15, 0.2) is 18.2 Å². The predicted octanol–water partition coefficient (Wildman–Crippen LogP) is 5.01. The second-order valence-corrected chi connectivity index (χ2v) is 7.41. The molecule has 0 radical (unpaired) electrons. The summed E-state index contributed by atoms with van der Waals surface area (Å²) in [4.78, 5) is 5.84. The Bertz CT molecular complexity index is 632. The van der Waals surface area contributed by atoms with E-state index >= 15 is 0 Å². The molecule has 1 aromatic heterocycles. The van der Waals surface area contributed by atoms with Crippen LogP contribution in [0.1, 0.15) is 38.3 Å². The lowest BCUT2D eigenvalue weighted by Crippen LogP contribution is -2.18. The molecule has 0 aliphatic heterocycles. The van der Waals surface area contributed by atoms with Crippen molar-refractivity contribution in [1.82, 2.24) is 10.3 Å². The summed E-state index contributed by atoms with van der Waals surface area (Å²) in [6.45, 7) is 10.1. The van der Waals surface area contributed by atoms with Gasteiger partial charge >= 0.3 is 0 Å². The molecule has 21 heavy (non-hydrogen) atoms. The number of rotatable bonds is 4.